The van der Waals surface area contributed by atoms with Crippen molar-refractivity contribution in [3.8, 4) is 0 Å². The fourth-order valence-electron chi connectivity index (χ4n) is 2.31. The van der Waals surface area contributed by atoms with Gasteiger partial charge in [0.25, 0.3) is 0 Å². The fourth-order valence-corrected chi connectivity index (χ4v) is 2.31. The van der Waals surface area contributed by atoms with Gasteiger partial charge in [-0.2, -0.15) is 0 Å². The van der Waals surface area contributed by atoms with Crippen LogP contribution in [-0.4, -0.2) is 33.7 Å². The SMILES string of the molecule is Cc1ccc2nn[nH]c2c1B1OC(C)(C)C(C)(C)O1. The Morgan fingerprint density at radius 1 is 1.11 bits per heavy atom. The number of aromatic nitrogens is 3. The van der Waals surface area contributed by atoms with Crippen molar-refractivity contribution in [3.05, 3.63) is 17.7 Å². The molecular formula is C13H18BN3O2. The summed E-state index contributed by atoms with van der Waals surface area (Å²) in [7, 11) is -0.393. The van der Waals surface area contributed by atoms with E-state index in [-0.39, 0.29) is 11.2 Å². The van der Waals surface area contributed by atoms with Crippen molar-refractivity contribution in [2.24, 2.45) is 0 Å². The average Bonchev–Trinajstić information content (AvgIpc) is 2.81. The number of benzene rings is 1. The molecule has 100 valence electrons. The molecule has 2 aromatic rings. The van der Waals surface area contributed by atoms with Gasteiger partial charge in [-0.1, -0.05) is 11.3 Å². The van der Waals surface area contributed by atoms with Crippen LogP contribution in [0.1, 0.15) is 33.3 Å². The number of aromatic amines is 1. The molecule has 1 aliphatic rings. The first-order chi connectivity index (χ1) is 8.82. The Balaban J connectivity index is 2.12. The lowest BCUT2D eigenvalue weighted by atomic mass is 9.75. The van der Waals surface area contributed by atoms with Crippen LogP contribution in [0.5, 0.6) is 0 Å². The van der Waals surface area contributed by atoms with E-state index in [0.29, 0.717) is 0 Å². The van der Waals surface area contributed by atoms with Gasteiger partial charge >= 0.3 is 7.12 Å². The number of fused-ring (bicyclic) bond motifs is 1. The molecule has 6 heteroatoms. The van der Waals surface area contributed by atoms with Crippen LogP contribution in [0.25, 0.3) is 11.0 Å². The van der Waals surface area contributed by atoms with Gasteiger partial charge in [0, 0.05) is 5.46 Å². The maximum Gasteiger partial charge on any atom is 0.497 e. The molecule has 1 N–H and O–H groups in total. The van der Waals surface area contributed by atoms with Crippen LogP contribution in [0.15, 0.2) is 12.1 Å². The Bertz CT molecular complexity index is 620. The summed E-state index contributed by atoms with van der Waals surface area (Å²) < 4.78 is 12.2. The van der Waals surface area contributed by atoms with Crippen LogP contribution in [0.2, 0.25) is 0 Å². The number of aryl methyl sites for hydroxylation is 1. The van der Waals surface area contributed by atoms with Crippen LogP contribution < -0.4 is 5.46 Å². The molecule has 5 nitrogen and oxygen atoms in total. The second-order valence-corrected chi connectivity index (χ2v) is 6.09. The molecule has 0 radical (unpaired) electrons. The van der Waals surface area contributed by atoms with Crippen molar-refractivity contribution in [3.63, 3.8) is 0 Å². The fraction of sp³-hybridized carbons (Fsp3) is 0.538. The zero-order valence-corrected chi connectivity index (χ0v) is 11.9. The molecule has 0 amide bonds. The third-order valence-electron chi connectivity index (χ3n) is 4.25. The minimum absolute atomic E-state index is 0.347. The van der Waals surface area contributed by atoms with E-state index in [9.17, 15) is 0 Å². The minimum atomic E-state index is -0.393. The van der Waals surface area contributed by atoms with Crippen LogP contribution in [0.3, 0.4) is 0 Å². The van der Waals surface area contributed by atoms with Gasteiger partial charge in [-0.25, -0.2) is 0 Å². The highest BCUT2D eigenvalue weighted by Crippen LogP contribution is 2.37. The molecule has 1 aromatic carbocycles. The number of rotatable bonds is 1. The van der Waals surface area contributed by atoms with Gasteiger partial charge in [0.15, 0.2) is 0 Å². The quantitative estimate of drug-likeness (QED) is 0.789. The van der Waals surface area contributed by atoms with E-state index >= 15 is 0 Å². The molecule has 19 heavy (non-hydrogen) atoms. The lowest BCUT2D eigenvalue weighted by Crippen LogP contribution is -2.41. The topological polar surface area (TPSA) is 60.0 Å². The highest BCUT2D eigenvalue weighted by Gasteiger charge is 2.52. The molecule has 1 saturated heterocycles. The molecule has 0 spiro atoms. The summed E-state index contributed by atoms with van der Waals surface area (Å²) in [4.78, 5) is 0. The normalized spacial score (nSPS) is 21.2. The number of nitrogens with zero attached hydrogens (tertiary/aromatic N) is 2. The number of hydrogen-bond acceptors (Lipinski definition) is 4. The first-order valence-electron chi connectivity index (χ1n) is 6.48. The van der Waals surface area contributed by atoms with E-state index in [1.54, 1.807) is 0 Å². The van der Waals surface area contributed by atoms with Gasteiger partial charge in [0.1, 0.15) is 5.52 Å². The molecule has 0 bridgehead atoms. The summed E-state index contributed by atoms with van der Waals surface area (Å²) in [6.07, 6.45) is 0. The summed E-state index contributed by atoms with van der Waals surface area (Å²) in [5, 5.41) is 10.8. The van der Waals surface area contributed by atoms with Crippen molar-refractivity contribution in [2.45, 2.75) is 45.8 Å². The predicted molar refractivity (Wildman–Crippen MR) is 74.3 cm³/mol. The minimum Gasteiger partial charge on any atom is -0.399 e. The van der Waals surface area contributed by atoms with E-state index in [1.165, 1.54) is 0 Å². The second-order valence-electron chi connectivity index (χ2n) is 6.09. The van der Waals surface area contributed by atoms with E-state index in [2.05, 4.69) is 15.4 Å². The van der Waals surface area contributed by atoms with E-state index in [1.807, 2.05) is 46.8 Å². The molecule has 0 aliphatic carbocycles. The molecule has 2 heterocycles. The van der Waals surface area contributed by atoms with Crippen molar-refractivity contribution >= 4 is 23.6 Å². The average molecular weight is 259 g/mol. The summed E-state index contributed by atoms with van der Waals surface area (Å²) in [5.41, 5.74) is 3.12. The van der Waals surface area contributed by atoms with Gasteiger partial charge in [-0.3, -0.25) is 5.10 Å². The summed E-state index contributed by atoms with van der Waals surface area (Å²) in [5.74, 6) is 0. The monoisotopic (exact) mass is 259 g/mol. The lowest BCUT2D eigenvalue weighted by molar-refractivity contribution is 0.00578. The second kappa shape index (κ2) is 3.80. The van der Waals surface area contributed by atoms with Gasteiger partial charge in [0.2, 0.25) is 0 Å². The first kappa shape index (κ1) is 12.6. The van der Waals surface area contributed by atoms with Gasteiger partial charge in [0.05, 0.1) is 16.7 Å². The Morgan fingerprint density at radius 2 is 1.74 bits per heavy atom. The molecule has 0 unspecified atom stereocenters. The van der Waals surface area contributed by atoms with Crippen molar-refractivity contribution in [2.75, 3.05) is 0 Å². The standard InChI is InChI=1S/C13H18BN3O2/c1-8-6-7-9-11(16-17-15-9)10(8)14-18-12(2,3)13(4,5)19-14/h6-7H,1-5H3,(H,15,16,17). The summed E-state index contributed by atoms with van der Waals surface area (Å²) in [6.45, 7) is 10.2. The Kier molecular flexibility index (Phi) is 2.53. The number of H-pyrrole nitrogens is 1. The van der Waals surface area contributed by atoms with Gasteiger partial charge < -0.3 is 9.31 Å². The largest absolute Gasteiger partial charge is 0.497 e. The van der Waals surface area contributed by atoms with Crippen molar-refractivity contribution < 1.29 is 9.31 Å². The zero-order chi connectivity index (χ0) is 13.8. The van der Waals surface area contributed by atoms with Gasteiger partial charge in [-0.15, -0.1) is 5.10 Å². The summed E-state index contributed by atoms with van der Waals surface area (Å²) in [6, 6.07) is 3.97. The zero-order valence-electron chi connectivity index (χ0n) is 11.9. The van der Waals surface area contributed by atoms with Crippen molar-refractivity contribution in [1.82, 2.24) is 15.4 Å². The smallest absolute Gasteiger partial charge is 0.399 e. The first-order valence-corrected chi connectivity index (χ1v) is 6.48. The Hall–Kier alpha value is -1.40. The van der Waals surface area contributed by atoms with E-state index in [4.69, 9.17) is 9.31 Å². The summed E-state index contributed by atoms with van der Waals surface area (Å²) >= 11 is 0. The molecule has 1 aliphatic heterocycles. The van der Waals surface area contributed by atoms with Crippen LogP contribution in [0.4, 0.5) is 0 Å². The maximum absolute atomic E-state index is 6.11. The van der Waals surface area contributed by atoms with E-state index < -0.39 is 7.12 Å². The van der Waals surface area contributed by atoms with Crippen molar-refractivity contribution in [1.29, 1.82) is 0 Å². The lowest BCUT2D eigenvalue weighted by Gasteiger charge is -2.32. The Labute approximate surface area is 112 Å². The van der Waals surface area contributed by atoms with Crippen LogP contribution in [0, 0.1) is 6.92 Å². The maximum atomic E-state index is 6.11. The third kappa shape index (κ3) is 1.78. The molecule has 1 aromatic heterocycles. The molecule has 0 saturated carbocycles. The molecule has 1 fully saturated rings. The third-order valence-corrected chi connectivity index (χ3v) is 4.25. The van der Waals surface area contributed by atoms with E-state index in [0.717, 1.165) is 22.1 Å². The molecular weight excluding hydrogens is 241 g/mol. The number of nitrogens with one attached hydrogen (secondary N) is 1. The van der Waals surface area contributed by atoms with Crippen LogP contribution in [-0.2, 0) is 9.31 Å². The van der Waals surface area contributed by atoms with Crippen LogP contribution >= 0.6 is 0 Å². The highest BCUT2D eigenvalue weighted by atomic mass is 16.7. The highest BCUT2D eigenvalue weighted by molar-refractivity contribution is 6.65. The Morgan fingerprint density at radius 3 is 2.37 bits per heavy atom. The molecule has 0 atom stereocenters. The predicted octanol–water partition coefficient (Wildman–Crippen LogP) is 1.57. The number of hydrogen-bond donors (Lipinski definition) is 1. The molecule has 3 rings (SSSR count). The van der Waals surface area contributed by atoms with Gasteiger partial charge in [-0.05, 0) is 46.2 Å².